The quantitative estimate of drug-likeness (QED) is 0.646. The van der Waals surface area contributed by atoms with E-state index in [1.54, 1.807) is 42.5 Å². The summed E-state index contributed by atoms with van der Waals surface area (Å²) in [6, 6.07) is 8.44. The van der Waals surface area contributed by atoms with Crippen molar-refractivity contribution in [1.82, 2.24) is 0 Å². The van der Waals surface area contributed by atoms with Gasteiger partial charge in [-0.15, -0.1) is 0 Å². The van der Waals surface area contributed by atoms with E-state index in [4.69, 9.17) is 4.74 Å². The zero-order valence-electron chi connectivity index (χ0n) is 20.3. The molecule has 0 saturated heterocycles. The average molecular weight is 477 g/mol. The predicted octanol–water partition coefficient (Wildman–Crippen LogP) is 3.44. The van der Waals surface area contributed by atoms with Crippen molar-refractivity contribution in [3.8, 4) is 0 Å². The fraction of sp³-hybridized carbons (Fsp3) is 0.483. The van der Waals surface area contributed by atoms with E-state index in [-0.39, 0.29) is 35.9 Å². The Hall–Kier alpha value is -2.83. The number of esters is 1. The zero-order valence-corrected chi connectivity index (χ0v) is 20.3. The fourth-order valence-electron chi connectivity index (χ4n) is 7.61. The van der Waals surface area contributed by atoms with Crippen LogP contribution >= 0.6 is 0 Å². The summed E-state index contributed by atoms with van der Waals surface area (Å²) in [6.07, 6.45) is 9.19. The lowest BCUT2D eigenvalue weighted by molar-refractivity contribution is -0.178. The maximum absolute atomic E-state index is 13.5. The summed E-state index contributed by atoms with van der Waals surface area (Å²) in [5.41, 5.74) is -1.88. The first-order valence-electron chi connectivity index (χ1n) is 12.3. The lowest BCUT2D eigenvalue weighted by atomic mass is 9.47. The van der Waals surface area contributed by atoms with Crippen molar-refractivity contribution < 1.29 is 29.3 Å². The van der Waals surface area contributed by atoms with E-state index in [2.05, 4.69) is 0 Å². The third-order valence-corrected chi connectivity index (χ3v) is 9.41. The molecule has 2 fully saturated rings. The van der Waals surface area contributed by atoms with Crippen molar-refractivity contribution in [2.45, 2.75) is 45.3 Å². The Kier molecular flexibility index (Phi) is 5.53. The molecule has 8 atom stereocenters. The second-order valence-electron chi connectivity index (χ2n) is 11.1. The van der Waals surface area contributed by atoms with Gasteiger partial charge in [0.05, 0.1) is 11.7 Å². The average Bonchev–Trinajstić information content (AvgIpc) is 3.04. The summed E-state index contributed by atoms with van der Waals surface area (Å²) in [7, 11) is 0. The third kappa shape index (κ3) is 3.34. The Morgan fingerprint density at radius 3 is 2.57 bits per heavy atom. The molecule has 0 radical (unpaired) electrons. The van der Waals surface area contributed by atoms with Gasteiger partial charge in [0.1, 0.15) is 5.60 Å². The van der Waals surface area contributed by atoms with Crippen molar-refractivity contribution in [3.63, 3.8) is 0 Å². The highest BCUT2D eigenvalue weighted by atomic mass is 16.5. The highest BCUT2D eigenvalue weighted by Crippen LogP contribution is 2.67. The molecule has 1 aromatic carbocycles. The molecule has 2 N–H and O–H groups in total. The normalized spacial score (nSPS) is 41.5. The van der Waals surface area contributed by atoms with Crippen molar-refractivity contribution in [2.24, 2.45) is 34.5 Å². The highest BCUT2D eigenvalue weighted by Gasteiger charge is 2.70. The number of rotatable bonds is 4. The standard InChI is InChI=1S/C29H32O6/c1-17-13-22-21-10-9-19-14-20(30)11-12-27(19,2)25(21)23(31)15-28(22,3)29(17,34)24(32)16-35-26(33)18-7-5-4-6-8-18/h4-12,14,17,21-23,25,31,34H,13,15-16H2,1-3H3/t17?,21-,22-,23?,25+,27-,28-,29-/m0/s1. The zero-order chi connectivity index (χ0) is 25.2. The molecular formula is C29H32O6. The minimum atomic E-state index is -1.73. The van der Waals surface area contributed by atoms with E-state index >= 15 is 0 Å². The van der Waals surface area contributed by atoms with Gasteiger partial charge in [0, 0.05) is 16.7 Å². The minimum absolute atomic E-state index is 0.0506. The maximum Gasteiger partial charge on any atom is 0.338 e. The van der Waals surface area contributed by atoms with Gasteiger partial charge in [-0.05, 0) is 60.5 Å². The van der Waals surface area contributed by atoms with Gasteiger partial charge in [-0.25, -0.2) is 4.79 Å². The summed E-state index contributed by atoms with van der Waals surface area (Å²) in [5.74, 6) is -1.85. The van der Waals surface area contributed by atoms with Crippen LogP contribution in [0.3, 0.4) is 0 Å². The topological polar surface area (TPSA) is 101 Å². The molecule has 6 heteroatoms. The number of carbonyl (C=O) groups excluding carboxylic acids is 3. The number of allylic oxidation sites excluding steroid dienone is 6. The van der Waals surface area contributed by atoms with Crippen LogP contribution in [-0.2, 0) is 14.3 Å². The summed E-state index contributed by atoms with van der Waals surface area (Å²) in [5, 5.41) is 23.4. The van der Waals surface area contributed by atoms with Crippen molar-refractivity contribution in [3.05, 3.63) is 71.8 Å². The molecule has 6 nitrogen and oxygen atoms in total. The number of fused-ring (bicyclic) bond motifs is 5. The number of Topliss-reactive ketones (excluding diaryl/α,β-unsaturated/α-hetero) is 1. The molecule has 0 spiro atoms. The van der Waals surface area contributed by atoms with Crippen molar-refractivity contribution in [2.75, 3.05) is 6.61 Å². The first kappa shape index (κ1) is 23.9. The van der Waals surface area contributed by atoms with Gasteiger partial charge in [-0.3, -0.25) is 9.59 Å². The lowest BCUT2D eigenvalue weighted by Gasteiger charge is -2.57. The third-order valence-electron chi connectivity index (χ3n) is 9.41. The van der Waals surface area contributed by atoms with E-state index in [1.807, 2.05) is 39.0 Å². The van der Waals surface area contributed by atoms with Crippen LogP contribution in [0, 0.1) is 34.5 Å². The number of ether oxygens (including phenoxy) is 1. The predicted molar refractivity (Wildman–Crippen MR) is 129 cm³/mol. The lowest BCUT2D eigenvalue weighted by Crippen LogP contribution is -2.62. The van der Waals surface area contributed by atoms with Crippen LogP contribution < -0.4 is 0 Å². The molecule has 5 rings (SSSR count). The smallest absolute Gasteiger partial charge is 0.338 e. The molecule has 0 aromatic heterocycles. The Bertz CT molecular complexity index is 1160. The van der Waals surface area contributed by atoms with Gasteiger partial charge in [-0.1, -0.05) is 57.2 Å². The second-order valence-corrected chi connectivity index (χ2v) is 11.1. The molecule has 0 heterocycles. The minimum Gasteiger partial charge on any atom is -0.454 e. The Morgan fingerprint density at radius 2 is 1.86 bits per heavy atom. The van der Waals surface area contributed by atoms with Crippen LogP contribution in [0.25, 0.3) is 0 Å². The number of benzene rings is 1. The molecule has 1 aromatic rings. The highest BCUT2D eigenvalue weighted by molar-refractivity contribution is 6.01. The van der Waals surface area contributed by atoms with Crippen LogP contribution in [0.4, 0.5) is 0 Å². The van der Waals surface area contributed by atoms with E-state index in [1.165, 1.54) is 0 Å². The van der Waals surface area contributed by atoms with Crippen LogP contribution in [0.15, 0.2) is 66.3 Å². The Balaban J connectivity index is 1.43. The van der Waals surface area contributed by atoms with Crippen LogP contribution in [0.1, 0.15) is 44.0 Å². The maximum atomic E-state index is 13.5. The molecule has 4 aliphatic rings. The Morgan fingerprint density at radius 1 is 1.14 bits per heavy atom. The first-order chi connectivity index (χ1) is 16.5. The molecule has 0 bridgehead atoms. The first-order valence-corrected chi connectivity index (χ1v) is 12.3. The van der Waals surface area contributed by atoms with E-state index < -0.39 is 40.9 Å². The van der Waals surface area contributed by atoms with Gasteiger partial charge in [-0.2, -0.15) is 0 Å². The van der Waals surface area contributed by atoms with E-state index in [0.29, 0.717) is 12.0 Å². The SMILES string of the molecule is CC1C[C@H]2[C@@H]3C=CC4=CC(=O)C=C[C@]4(C)[C@H]3C(O)C[C@]2(C)[C@@]1(O)C(=O)COC(=O)c1ccccc1. The van der Waals surface area contributed by atoms with Gasteiger partial charge < -0.3 is 14.9 Å². The number of carbonyl (C=O) groups is 3. The van der Waals surface area contributed by atoms with Crippen LogP contribution in [-0.4, -0.2) is 46.1 Å². The number of hydrogen-bond donors (Lipinski definition) is 2. The molecular weight excluding hydrogens is 444 g/mol. The molecule has 35 heavy (non-hydrogen) atoms. The number of aliphatic hydroxyl groups is 2. The summed E-state index contributed by atoms with van der Waals surface area (Å²) in [4.78, 5) is 37.9. The number of ketones is 2. The van der Waals surface area contributed by atoms with Crippen LogP contribution in [0.5, 0.6) is 0 Å². The van der Waals surface area contributed by atoms with Crippen molar-refractivity contribution in [1.29, 1.82) is 0 Å². The van der Waals surface area contributed by atoms with Gasteiger partial charge in [0.15, 0.2) is 12.4 Å². The second kappa shape index (κ2) is 8.10. The number of hydrogen-bond acceptors (Lipinski definition) is 6. The largest absolute Gasteiger partial charge is 0.454 e. The molecule has 4 aliphatic carbocycles. The molecule has 2 unspecified atom stereocenters. The van der Waals surface area contributed by atoms with Gasteiger partial charge in [0.2, 0.25) is 5.78 Å². The van der Waals surface area contributed by atoms with Gasteiger partial charge in [0.25, 0.3) is 0 Å². The molecule has 2 saturated carbocycles. The fourth-order valence-corrected chi connectivity index (χ4v) is 7.61. The number of aliphatic hydroxyl groups excluding tert-OH is 1. The van der Waals surface area contributed by atoms with Crippen molar-refractivity contribution >= 4 is 17.5 Å². The molecule has 184 valence electrons. The van der Waals surface area contributed by atoms with Gasteiger partial charge >= 0.3 is 5.97 Å². The molecule has 0 amide bonds. The monoisotopic (exact) mass is 476 g/mol. The summed E-state index contributed by atoms with van der Waals surface area (Å²) in [6.45, 7) is 5.28. The summed E-state index contributed by atoms with van der Waals surface area (Å²) >= 11 is 0. The summed E-state index contributed by atoms with van der Waals surface area (Å²) < 4.78 is 5.30. The van der Waals surface area contributed by atoms with Crippen LogP contribution in [0.2, 0.25) is 0 Å². The Labute approximate surface area is 205 Å². The van der Waals surface area contributed by atoms with E-state index in [9.17, 15) is 24.6 Å². The van der Waals surface area contributed by atoms with E-state index in [0.717, 1.165) is 5.57 Å². The molecule has 0 aliphatic heterocycles.